The Hall–Kier alpha value is -1.28. The first-order valence-corrected chi connectivity index (χ1v) is 7.35. The van der Waals surface area contributed by atoms with Crippen LogP contribution in [0.1, 0.15) is 42.8 Å². The van der Waals surface area contributed by atoms with E-state index in [1.54, 1.807) is 0 Å². The van der Waals surface area contributed by atoms with Gasteiger partial charge in [0.1, 0.15) is 0 Å². The molecule has 0 fully saturated rings. The summed E-state index contributed by atoms with van der Waals surface area (Å²) in [4.78, 5) is 1.43. The van der Waals surface area contributed by atoms with E-state index in [0.29, 0.717) is 6.04 Å². The number of nitrogens with one attached hydrogen (secondary N) is 1. The Balaban J connectivity index is 1.90. The van der Waals surface area contributed by atoms with E-state index in [2.05, 4.69) is 61.8 Å². The van der Waals surface area contributed by atoms with Gasteiger partial charge >= 0.3 is 0 Å². The standard InChI is InChI=1S/C16H19NS/c1-16(2,3)12-6-7-13-11(9-12)10-14(17-13)15-5-4-8-18-15/h4-9,14,17H,10H2,1-3H3. The molecular weight excluding hydrogens is 238 g/mol. The Labute approximate surface area is 113 Å². The van der Waals surface area contributed by atoms with E-state index in [0.717, 1.165) is 6.42 Å². The molecule has 0 amide bonds. The molecule has 1 aromatic heterocycles. The van der Waals surface area contributed by atoms with Gasteiger partial charge in [-0.05, 0) is 40.5 Å². The van der Waals surface area contributed by atoms with Crippen LogP contribution in [0.15, 0.2) is 35.7 Å². The summed E-state index contributed by atoms with van der Waals surface area (Å²) in [6.07, 6.45) is 1.11. The van der Waals surface area contributed by atoms with Crippen LogP contribution in [0, 0.1) is 0 Å². The van der Waals surface area contributed by atoms with Crippen LogP contribution in [-0.4, -0.2) is 0 Å². The van der Waals surface area contributed by atoms with E-state index in [9.17, 15) is 0 Å². The van der Waals surface area contributed by atoms with Crippen LogP contribution >= 0.6 is 11.3 Å². The Morgan fingerprint density at radius 3 is 2.72 bits per heavy atom. The highest BCUT2D eigenvalue weighted by Gasteiger charge is 2.24. The Bertz CT molecular complexity index is 549. The minimum atomic E-state index is 0.232. The van der Waals surface area contributed by atoms with Crippen molar-refractivity contribution in [3.8, 4) is 0 Å². The van der Waals surface area contributed by atoms with Crippen LogP contribution in [0.5, 0.6) is 0 Å². The van der Waals surface area contributed by atoms with Crippen molar-refractivity contribution in [1.82, 2.24) is 0 Å². The van der Waals surface area contributed by atoms with E-state index < -0.39 is 0 Å². The van der Waals surface area contributed by atoms with Gasteiger partial charge in [-0.1, -0.05) is 39.0 Å². The lowest BCUT2D eigenvalue weighted by atomic mass is 9.86. The molecule has 0 saturated carbocycles. The van der Waals surface area contributed by atoms with Crippen molar-refractivity contribution >= 4 is 17.0 Å². The van der Waals surface area contributed by atoms with E-state index in [-0.39, 0.29) is 5.41 Å². The maximum atomic E-state index is 3.63. The molecule has 94 valence electrons. The molecule has 2 heteroatoms. The van der Waals surface area contributed by atoms with E-state index in [1.165, 1.54) is 21.7 Å². The van der Waals surface area contributed by atoms with Crippen molar-refractivity contribution in [2.24, 2.45) is 0 Å². The molecule has 0 spiro atoms. The molecule has 0 radical (unpaired) electrons. The van der Waals surface area contributed by atoms with Crippen molar-refractivity contribution < 1.29 is 0 Å². The minimum absolute atomic E-state index is 0.232. The highest BCUT2D eigenvalue weighted by Crippen LogP contribution is 2.37. The van der Waals surface area contributed by atoms with Crippen LogP contribution in [0.4, 0.5) is 5.69 Å². The molecule has 1 atom stereocenters. The monoisotopic (exact) mass is 257 g/mol. The van der Waals surface area contributed by atoms with E-state index in [1.807, 2.05) is 11.3 Å². The van der Waals surface area contributed by atoms with Gasteiger partial charge in [0.05, 0.1) is 6.04 Å². The van der Waals surface area contributed by atoms with Gasteiger partial charge in [-0.3, -0.25) is 0 Å². The molecule has 0 saturated heterocycles. The second-order valence-electron chi connectivity index (χ2n) is 6.04. The third kappa shape index (κ3) is 2.05. The fourth-order valence-corrected chi connectivity index (χ4v) is 3.27. The zero-order valence-corrected chi connectivity index (χ0v) is 12.0. The molecule has 1 aromatic carbocycles. The highest BCUT2D eigenvalue weighted by molar-refractivity contribution is 7.10. The largest absolute Gasteiger partial charge is 0.377 e. The molecule has 18 heavy (non-hydrogen) atoms. The molecule has 2 heterocycles. The van der Waals surface area contributed by atoms with E-state index in [4.69, 9.17) is 0 Å². The molecule has 0 bridgehead atoms. The van der Waals surface area contributed by atoms with Crippen LogP contribution < -0.4 is 5.32 Å². The summed E-state index contributed by atoms with van der Waals surface area (Å²) in [5.74, 6) is 0. The summed E-state index contributed by atoms with van der Waals surface area (Å²) in [5, 5.41) is 5.78. The Morgan fingerprint density at radius 2 is 2.06 bits per heavy atom. The first-order chi connectivity index (χ1) is 8.54. The predicted molar refractivity (Wildman–Crippen MR) is 79.5 cm³/mol. The number of rotatable bonds is 1. The van der Waals surface area contributed by atoms with E-state index >= 15 is 0 Å². The third-order valence-electron chi connectivity index (χ3n) is 3.61. The van der Waals surface area contributed by atoms with Crippen molar-refractivity contribution in [2.45, 2.75) is 38.6 Å². The smallest absolute Gasteiger partial charge is 0.0647 e. The fraction of sp³-hybridized carbons (Fsp3) is 0.375. The summed E-state index contributed by atoms with van der Waals surface area (Å²) >= 11 is 1.84. The number of anilines is 1. The minimum Gasteiger partial charge on any atom is -0.377 e. The van der Waals surface area contributed by atoms with Crippen molar-refractivity contribution in [3.63, 3.8) is 0 Å². The predicted octanol–water partition coefficient (Wildman–Crippen LogP) is 4.75. The molecule has 1 nitrogen and oxygen atoms in total. The van der Waals surface area contributed by atoms with Gasteiger partial charge < -0.3 is 5.32 Å². The van der Waals surface area contributed by atoms with Crippen LogP contribution in [0.3, 0.4) is 0 Å². The summed E-state index contributed by atoms with van der Waals surface area (Å²) in [6, 6.07) is 11.7. The quantitative estimate of drug-likeness (QED) is 0.777. The topological polar surface area (TPSA) is 12.0 Å². The SMILES string of the molecule is CC(C)(C)c1ccc2c(c1)CC(c1cccs1)N2. The molecule has 2 aromatic rings. The third-order valence-corrected chi connectivity index (χ3v) is 4.60. The molecule has 0 aliphatic carbocycles. The molecule has 3 rings (SSSR count). The molecule has 1 aliphatic rings. The number of fused-ring (bicyclic) bond motifs is 1. The average molecular weight is 257 g/mol. The van der Waals surface area contributed by atoms with Gasteiger partial charge in [-0.2, -0.15) is 0 Å². The van der Waals surface area contributed by atoms with Gasteiger partial charge in [-0.15, -0.1) is 11.3 Å². The average Bonchev–Trinajstić information content (AvgIpc) is 2.95. The second-order valence-corrected chi connectivity index (χ2v) is 7.02. The van der Waals surface area contributed by atoms with Crippen molar-refractivity contribution in [2.75, 3.05) is 5.32 Å². The lowest BCUT2D eigenvalue weighted by Crippen LogP contribution is -2.10. The molecular formula is C16H19NS. The van der Waals surface area contributed by atoms with Gasteiger partial charge in [0.15, 0.2) is 0 Å². The lowest BCUT2D eigenvalue weighted by molar-refractivity contribution is 0.589. The molecule has 1 unspecified atom stereocenters. The van der Waals surface area contributed by atoms with Gasteiger partial charge in [-0.25, -0.2) is 0 Å². The van der Waals surface area contributed by atoms with Gasteiger partial charge in [0.2, 0.25) is 0 Å². The number of hydrogen-bond donors (Lipinski definition) is 1. The second kappa shape index (κ2) is 4.13. The van der Waals surface area contributed by atoms with Crippen LogP contribution in [-0.2, 0) is 11.8 Å². The number of hydrogen-bond acceptors (Lipinski definition) is 2. The Kier molecular flexibility index (Phi) is 2.70. The first-order valence-electron chi connectivity index (χ1n) is 6.47. The number of thiophene rings is 1. The normalized spacial score (nSPS) is 18.5. The summed E-state index contributed by atoms with van der Waals surface area (Å²) in [5.41, 5.74) is 4.42. The van der Waals surface area contributed by atoms with Crippen LogP contribution in [0.2, 0.25) is 0 Å². The first kappa shape index (κ1) is 11.8. The van der Waals surface area contributed by atoms with Gasteiger partial charge in [0.25, 0.3) is 0 Å². The maximum Gasteiger partial charge on any atom is 0.0647 e. The zero-order chi connectivity index (χ0) is 12.8. The summed E-state index contributed by atoms with van der Waals surface area (Å²) in [7, 11) is 0. The maximum absolute atomic E-state index is 3.63. The van der Waals surface area contributed by atoms with Crippen molar-refractivity contribution in [3.05, 3.63) is 51.7 Å². The van der Waals surface area contributed by atoms with Gasteiger partial charge in [0, 0.05) is 10.6 Å². The Morgan fingerprint density at radius 1 is 1.22 bits per heavy atom. The number of benzene rings is 1. The summed E-state index contributed by atoms with van der Waals surface area (Å²) in [6.45, 7) is 6.82. The molecule has 1 N–H and O–H groups in total. The van der Waals surface area contributed by atoms with Crippen LogP contribution in [0.25, 0.3) is 0 Å². The fourth-order valence-electron chi connectivity index (χ4n) is 2.49. The molecule has 1 aliphatic heterocycles. The summed E-state index contributed by atoms with van der Waals surface area (Å²) < 4.78 is 0. The highest BCUT2D eigenvalue weighted by atomic mass is 32.1. The van der Waals surface area contributed by atoms with Crippen molar-refractivity contribution in [1.29, 1.82) is 0 Å². The zero-order valence-electron chi connectivity index (χ0n) is 11.2. The lowest BCUT2D eigenvalue weighted by Gasteiger charge is -2.19.